The lowest BCUT2D eigenvalue weighted by atomic mass is 9.88. The zero-order chi connectivity index (χ0) is 20.1. The van der Waals surface area contributed by atoms with Gasteiger partial charge in [0, 0.05) is 45.1 Å². The molecule has 1 aliphatic carbocycles. The van der Waals surface area contributed by atoms with Gasteiger partial charge in [0.25, 0.3) is 0 Å². The van der Waals surface area contributed by atoms with Crippen molar-refractivity contribution in [3.63, 3.8) is 0 Å². The van der Waals surface area contributed by atoms with Crippen LogP contribution in [0.3, 0.4) is 0 Å². The molecule has 1 unspecified atom stereocenters. The average molecular weight is 392 g/mol. The van der Waals surface area contributed by atoms with Crippen molar-refractivity contribution in [2.24, 2.45) is 11.8 Å². The largest absolute Gasteiger partial charge is 0.339 e. The molecule has 0 N–H and O–H groups in total. The highest BCUT2D eigenvalue weighted by molar-refractivity contribution is 5.89. The molecule has 0 radical (unpaired) electrons. The molecule has 0 bridgehead atoms. The van der Waals surface area contributed by atoms with Crippen molar-refractivity contribution < 1.29 is 14.4 Å². The second-order valence-corrected chi connectivity index (χ2v) is 9.16. The summed E-state index contributed by atoms with van der Waals surface area (Å²) in [6.07, 6.45) is 8.67. The van der Waals surface area contributed by atoms with Gasteiger partial charge >= 0.3 is 0 Å². The first-order valence-electron chi connectivity index (χ1n) is 11.3. The third kappa shape index (κ3) is 5.06. The minimum atomic E-state index is -0.280. The van der Waals surface area contributed by atoms with E-state index in [2.05, 4.69) is 13.8 Å². The molecule has 0 aromatic rings. The van der Waals surface area contributed by atoms with Gasteiger partial charge in [-0.1, -0.05) is 33.1 Å². The van der Waals surface area contributed by atoms with E-state index < -0.39 is 0 Å². The van der Waals surface area contributed by atoms with Crippen molar-refractivity contribution in [2.75, 3.05) is 32.7 Å². The van der Waals surface area contributed by atoms with Crippen molar-refractivity contribution in [1.82, 2.24) is 14.7 Å². The quantitative estimate of drug-likeness (QED) is 0.724. The lowest BCUT2D eigenvalue weighted by Gasteiger charge is -2.38. The number of carbonyl (C=O) groups excluding carboxylic acids is 3. The Hall–Kier alpha value is -1.59. The number of likely N-dealkylation sites (tertiary alicyclic amines) is 1. The monoisotopic (exact) mass is 391 g/mol. The van der Waals surface area contributed by atoms with E-state index in [1.807, 2.05) is 14.7 Å². The van der Waals surface area contributed by atoms with Crippen LogP contribution in [0.5, 0.6) is 0 Å². The van der Waals surface area contributed by atoms with Gasteiger partial charge in [-0.05, 0) is 38.0 Å². The van der Waals surface area contributed by atoms with Crippen LogP contribution in [0.25, 0.3) is 0 Å². The van der Waals surface area contributed by atoms with Gasteiger partial charge < -0.3 is 14.7 Å². The fourth-order valence-corrected chi connectivity index (χ4v) is 4.83. The first kappa shape index (κ1) is 21.1. The minimum Gasteiger partial charge on any atom is -0.339 e. The molecule has 0 spiro atoms. The van der Waals surface area contributed by atoms with Gasteiger partial charge in [-0.3, -0.25) is 14.4 Å². The fraction of sp³-hybridized carbons (Fsp3) is 0.864. The van der Waals surface area contributed by atoms with E-state index in [-0.39, 0.29) is 29.7 Å². The van der Waals surface area contributed by atoms with Gasteiger partial charge in [0.05, 0.1) is 0 Å². The van der Waals surface area contributed by atoms with E-state index in [0.29, 0.717) is 38.5 Å². The lowest BCUT2D eigenvalue weighted by molar-refractivity contribution is -0.148. The number of hydrogen-bond acceptors (Lipinski definition) is 3. The van der Waals surface area contributed by atoms with E-state index in [9.17, 15) is 14.4 Å². The zero-order valence-corrected chi connectivity index (χ0v) is 17.7. The number of nitrogens with zero attached hydrogens (tertiary/aromatic N) is 3. The van der Waals surface area contributed by atoms with E-state index >= 15 is 0 Å². The third-order valence-corrected chi connectivity index (χ3v) is 6.65. The first-order valence-corrected chi connectivity index (χ1v) is 11.3. The number of rotatable bonds is 5. The highest BCUT2D eigenvalue weighted by Gasteiger charge is 2.39. The summed E-state index contributed by atoms with van der Waals surface area (Å²) < 4.78 is 0. The number of amides is 3. The van der Waals surface area contributed by atoms with E-state index in [4.69, 9.17) is 0 Å². The first-order chi connectivity index (χ1) is 13.5. The van der Waals surface area contributed by atoms with Crippen molar-refractivity contribution in [1.29, 1.82) is 0 Å². The van der Waals surface area contributed by atoms with Gasteiger partial charge in [0.2, 0.25) is 17.7 Å². The van der Waals surface area contributed by atoms with Crippen molar-refractivity contribution >= 4 is 17.7 Å². The summed E-state index contributed by atoms with van der Waals surface area (Å²) in [5.74, 6) is 1.16. The zero-order valence-electron chi connectivity index (χ0n) is 17.7. The predicted molar refractivity (Wildman–Crippen MR) is 109 cm³/mol. The maximum absolute atomic E-state index is 13.1. The SMILES string of the molecule is CC(C)CCC(=O)N1CCN(C(=O)C2CCCN2C(=O)C2CCCCC2)CC1. The predicted octanol–water partition coefficient (Wildman–Crippen LogP) is 2.66. The standard InChI is InChI=1S/C22H37N3O3/c1-17(2)10-11-20(26)23-13-15-24(16-14-23)22(28)19-9-6-12-25(19)21(27)18-7-4-3-5-8-18/h17-19H,3-16H2,1-2H3. The number of hydrogen-bond donors (Lipinski definition) is 0. The smallest absolute Gasteiger partial charge is 0.245 e. The maximum Gasteiger partial charge on any atom is 0.245 e. The Balaban J connectivity index is 1.51. The van der Waals surface area contributed by atoms with Gasteiger partial charge in [-0.15, -0.1) is 0 Å². The van der Waals surface area contributed by atoms with E-state index in [0.717, 1.165) is 51.5 Å². The second kappa shape index (κ2) is 9.75. The highest BCUT2D eigenvalue weighted by atomic mass is 16.2. The molecule has 3 fully saturated rings. The van der Waals surface area contributed by atoms with Crippen LogP contribution in [0.1, 0.15) is 71.6 Å². The Bertz CT molecular complexity index is 563. The van der Waals surface area contributed by atoms with Crippen LogP contribution in [0.2, 0.25) is 0 Å². The molecule has 3 amide bonds. The van der Waals surface area contributed by atoms with Gasteiger partial charge in [-0.2, -0.15) is 0 Å². The van der Waals surface area contributed by atoms with Crippen molar-refractivity contribution in [2.45, 2.75) is 77.7 Å². The summed E-state index contributed by atoms with van der Waals surface area (Å²) in [6, 6.07) is -0.280. The van der Waals surface area contributed by atoms with Crippen LogP contribution in [-0.4, -0.2) is 71.2 Å². The van der Waals surface area contributed by atoms with E-state index in [1.54, 1.807) is 0 Å². The van der Waals surface area contributed by atoms with Crippen molar-refractivity contribution in [3.8, 4) is 0 Å². The van der Waals surface area contributed by atoms with E-state index in [1.165, 1.54) is 6.42 Å². The topological polar surface area (TPSA) is 60.9 Å². The summed E-state index contributed by atoms with van der Waals surface area (Å²) in [5.41, 5.74) is 0. The normalized spacial score (nSPS) is 24.1. The van der Waals surface area contributed by atoms with Gasteiger partial charge in [0.1, 0.15) is 6.04 Å². The van der Waals surface area contributed by atoms with Crippen LogP contribution < -0.4 is 0 Å². The van der Waals surface area contributed by atoms with Gasteiger partial charge in [0.15, 0.2) is 0 Å². The summed E-state index contributed by atoms with van der Waals surface area (Å²) in [5, 5.41) is 0. The molecule has 0 aromatic carbocycles. The van der Waals surface area contributed by atoms with Gasteiger partial charge in [-0.25, -0.2) is 0 Å². The summed E-state index contributed by atoms with van der Waals surface area (Å²) >= 11 is 0. The molecule has 1 saturated carbocycles. The molecule has 3 rings (SSSR count). The van der Waals surface area contributed by atoms with Crippen LogP contribution in [-0.2, 0) is 14.4 Å². The van der Waals surface area contributed by atoms with Crippen LogP contribution in [0.15, 0.2) is 0 Å². The molecule has 0 aromatic heterocycles. The molecule has 2 heterocycles. The molecule has 6 nitrogen and oxygen atoms in total. The Labute approximate surface area is 169 Å². The Morgan fingerprint density at radius 3 is 2.07 bits per heavy atom. The highest BCUT2D eigenvalue weighted by Crippen LogP contribution is 2.29. The lowest BCUT2D eigenvalue weighted by Crippen LogP contribution is -2.55. The second-order valence-electron chi connectivity index (χ2n) is 9.16. The summed E-state index contributed by atoms with van der Waals surface area (Å²) in [4.78, 5) is 44.1. The molecular formula is C22H37N3O3. The Morgan fingerprint density at radius 1 is 0.786 bits per heavy atom. The summed E-state index contributed by atoms with van der Waals surface area (Å²) in [6.45, 7) is 7.40. The average Bonchev–Trinajstić information content (AvgIpc) is 3.21. The minimum absolute atomic E-state index is 0.0935. The molecule has 6 heteroatoms. The molecule has 3 aliphatic rings. The Kier molecular flexibility index (Phi) is 7.36. The number of piperazine rings is 1. The van der Waals surface area contributed by atoms with Crippen LogP contribution in [0, 0.1) is 11.8 Å². The molecule has 28 heavy (non-hydrogen) atoms. The molecule has 2 saturated heterocycles. The molecular weight excluding hydrogens is 354 g/mol. The molecule has 158 valence electrons. The Morgan fingerprint density at radius 2 is 1.43 bits per heavy atom. The number of carbonyl (C=O) groups is 3. The summed E-state index contributed by atoms with van der Waals surface area (Å²) in [7, 11) is 0. The fourth-order valence-electron chi connectivity index (χ4n) is 4.83. The third-order valence-electron chi connectivity index (χ3n) is 6.65. The van der Waals surface area contributed by atoms with Crippen LogP contribution in [0.4, 0.5) is 0 Å². The van der Waals surface area contributed by atoms with Crippen LogP contribution >= 0.6 is 0 Å². The van der Waals surface area contributed by atoms with Crippen molar-refractivity contribution in [3.05, 3.63) is 0 Å². The maximum atomic E-state index is 13.1. The molecule has 2 aliphatic heterocycles. The molecule has 1 atom stereocenters.